The topological polar surface area (TPSA) is 25.8 Å². The fourth-order valence-electron chi connectivity index (χ4n) is 1.22. The third kappa shape index (κ3) is 1.24. The number of halogens is 2. The van der Waals surface area contributed by atoms with Crippen LogP contribution in [0, 0.1) is 18.6 Å². The van der Waals surface area contributed by atoms with Gasteiger partial charge in [0.05, 0.1) is 0 Å². The van der Waals surface area contributed by atoms with Crippen LogP contribution in [0.25, 0.3) is 10.9 Å². The van der Waals surface area contributed by atoms with E-state index in [-0.39, 0.29) is 5.52 Å². The molecule has 13 heavy (non-hydrogen) atoms. The van der Waals surface area contributed by atoms with Crippen LogP contribution in [0.2, 0.25) is 0 Å². The molecule has 0 atom stereocenters. The number of aryl methyl sites for hydroxylation is 1. The van der Waals surface area contributed by atoms with Crippen molar-refractivity contribution in [3.63, 3.8) is 0 Å². The van der Waals surface area contributed by atoms with Crippen molar-refractivity contribution in [2.24, 2.45) is 0 Å². The quantitative estimate of drug-likeness (QED) is 0.621. The fourth-order valence-corrected chi connectivity index (χ4v) is 1.22. The van der Waals surface area contributed by atoms with Crippen molar-refractivity contribution in [3.8, 4) is 0 Å². The first-order valence-corrected chi connectivity index (χ1v) is 3.75. The van der Waals surface area contributed by atoms with Crippen molar-refractivity contribution in [1.82, 2.24) is 9.97 Å². The summed E-state index contributed by atoms with van der Waals surface area (Å²) in [6, 6.07) is 2.04. The first-order valence-electron chi connectivity index (χ1n) is 3.75. The monoisotopic (exact) mass is 180 g/mol. The molecule has 1 aromatic carbocycles. The van der Waals surface area contributed by atoms with E-state index in [0.717, 1.165) is 6.07 Å². The van der Waals surface area contributed by atoms with Crippen LogP contribution in [0.15, 0.2) is 18.5 Å². The number of fused-ring (bicyclic) bond motifs is 1. The van der Waals surface area contributed by atoms with Gasteiger partial charge in [0.25, 0.3) is 0 Å². The molecule has 66 valence electrons. The average Bonchev–Trinajstić information content (AvgIpc) is 2.07. The van der Waals surface area contributed by atoms with Crippen LogP contribution in [0.1, 0.15) is 5.69 Å². The normalized spacial score (nSPS) is 10.7. The fraction of sp³-hybridized carbons (Fsp3) is 0.111. The summed E-state index contributed by atoms with van der Waals surface area (Å²) in [4.78, 5) is 7.58. The maximum atomic E-state index is 13.1. The maximum Gasteiger partial charge on any atom is 0.152 e. The minimum Gasteiger partial charge on any atom is -0.241 e. The molecule has 2 nitrogen and oxygen atoms in total. The number of aromatic nitrogens is 2. The molecule has 2 aromatic rings. The number of hydrogen-bond donors (Lipinski definition) is 0. The van der Waals surface area contributed by atoms with Crippen molar-refractivity contribution >= 4 is 10.9 Å². The Morgan fingerprint density at radius 2 is 1.92 bits per heavy atom. The van der Waals surface area contributed by atoms with E-state index in [0.29, 0.717) is 11.1 Å². The molecule has 1 heterocycles. The van der Waals surface area contributed by atoms with Crippen molar-refractivity contribution in [2.75, 3.05) is 0 Å². The zero-order valence-electron chi connectivity index (χ0n) is 6.88. The first-order chi connectivity index (χ1) is 6.18. The Bertz CT molecular complexity index is 468. The van der Waals surface area contributed by atoms with Crippen molar-refractivity contribution in [2.45, 2.75) is 6.92 Å². The molecule has 0 saturated heterocycles. The van der Waals surface area contributed by atoms with Crippen LogP contribution in [0.4, 0.5) is 8.78 Å². The van der Waals surface area contributed by atoms with Gasteiger partial charge in [0, 0.05) is 17.1 Å². The Labute approximate surface area is 73.2 Å². The molecule has 4 heteroatoms. The number of nitrogens with zero attached hydrogens (tertiary/aromatic N) is 2. The minimum absolute atomic E-state index is 0.161. The van der Waals surface area contributed by atoms with Crippen molar-refractivity contribution in [1.29, 1.82) is 0 Å². The predicted octanol–water partition coefficient (Wildman–Crippen LogP) is 2.22. The van der Waals surface area contributed by atoms with E-state index >= 15 is 0 Å². The van der Waals surface area contributed by atoms with Gasteiger partial charge in [-0.3, -0.25) is 0 Å². The second-order valence-corrected chi connectivity index (χ2v) is 2.74. The lowest BCUT2D eigenvalue weighted by atomic mass is 10.2. The molecule has 2 rings (SSSR count). The highest BCUT2D eigenvalue weighted by Crippen LogP contribution is 2.18. The molecule has 0 unspecified atom stereocenters. The third-order valence-corrected chi connectivity index (χ3v) is 1.86. The molecule has 0 amide bonds. The molecule has 0 spiro atoms. The summed E-state index contributed by atoms with van der Waals surface area (Å²) in [5.74, 6) is -1.26. The lowest BCUT2D eigenvalue weighted by Gasteiger charge is -2.00. The van der Waals surface area contributed by atoms with Gasteiger partial charge in [-0.25, -0.2) is 18.7 Å². The molecule has 0 saturated carbocycles. The predicted molar refractivity (Wildman–Crippen MR) is 44.2 cm³/mol. The van der Waals surface area contributed by atoms with Gasteiger partial charge in [-0.1, -0.05) is 0 Å². The molecule has 0 radical (unpaired) electrons. The smallest absolute Gasteiger partial charge is 0.152 e. The Balaban J connectivity index is 2.94. The van der Waals surface area contributed by atoms with Gasteiger partial charge in [0.15, 0.2) is 5.82 Å². The molecule has 0 aliphatic heterocycles. The van der Waals surface area contributed by atoms with E-state index in [4.69, 9.17) is 0 Å². The largest absolute Gasteiger partial charge is 0.241 e. The van der Waals surface area contributed by atoms with Crippen LogP contribution in [-0.4, -0.2) is 9.97 Å². The van der Waals surface area contributed by atoms with Crippen LogP contribution in [0.3, 0.4) is 0 Å². The minimum atomic E-state index is -0.652. The standard InChI is InChI=1S/C9H6F2N2/c1-5-7-2-6(10)3-8(11)9(7)13-4-12-5/h2-4H,1H3. The lowest BCUT2D eigenvalue weighted by Crippen LogP contribution is -1.91. The summed E-state index contributed by atoms with van der Waals surface area (Å²) < 4.78 is 25.9. The summed E-state index contributed by atoms with van der Waals surface area (Å²) in [7, 11) is 0. The summed E-state index contributed by atoms with van der Waals surface area (Å²) in [5.41, 5.74) is 0.734. The van der Waals surface area contributed by atoms with E-state index in [1.54, 1.807) is 6.92 Å². The zero-order chi connectivity index (χ0) is 9.42. The molecule has 0 aliphatic carbocycles. The Morgan fingerprint density at radius 3 is 2.69 bits per heavy atom. The summed E-state index contributed by atoms with van der Waals surface area (Å²) >= 11 is 0. The van der Waals surface area contributed by atoms with Crippen LogP contribution in [0.5, 0.6) is 0 Å². The molecule has 0 bridgehead atoms. The summed E-state index contributed by atoms with van der Waals surface area (Å²) in [6.45, 7) is 1.68. The second-order valence-electron chi connectivity index (χ2n) is 2.74. The van der Waals surface area contributed by atoms with Crippen molar-refractivity contribution < 1.29 is 8.78 Å². The number of benzene rings is 1. The molecule has 0 N–H and O–H groups in total. The van der Waals surface area contributed by atoms with E-state index in [1.165, 1.54) is 12.4 Å². The lowest BCUT2D eigenvalue weighted by molar-refractivity contribution is 0.590. The Hall–Kier alpha value is -1.58. The van der Waals surface area contributed by atoms with Gasteiger partial charge in [0.2, 0.25) is 0 Å². The van der Waals surface area contributed by atoms with Crippen LogP contribution >= 0.6 is 0 Å². The number of rotatable bonds is 0. The molecule has 0 fully saturated rings. The van der Waals surface area contributed by atoms with Crippen molar-refractivity contribution in [3.05, 3.63) is 35.8 Å². The zero-order valence-corrected chi connectivity index (χ0v) is 6.88. The highest BCUT2D eigenvalue weighted by atomic mass is 19.1. The molecule has 0 aliphatic rings. The Kier molecular flexibility index (Phi) is 1.69. The summed E-state index contributed by atoms with van der Waals surface area (Å²) in [5, 5.41) is 0.417. The van der Waals surface area contributed by atoms with Crippen LogP contribution < -0.4 is 0 Å². The van der Waals surface area contributed by atoms with Gasteiger partial charge in [-0.2, -0.15) is 0 Å². The van der Waals surface area contributed by atoms with E-state index in [1.807, 2.05) is 0 Å². The average molecular weight is 180 g/mol. The molecular formula is C9H6F2N2. The molecule has 1 aromatic heterocycles. The van der Waals surface area contributed by atoms with Gasteiger partial charge in [-0.15, -0.1) is 0 Å². The van der Waals surface area contributed by atoms with E-state index in [2.05, 4.69) is 9.97 Å². The van der Waals surface area contributed by atoms with Gasteiger partial charge < -0.3 is 0 Å². The van der Waals surface area contributed by atoms with Gasteiger partial charge >= 0.3 is 0 Å². The van der Waals surface area contributed by atoms with Crippen LogP contribution in [-0.2, 0) is 0 Å². The first kappa shape index (κ1) is 8.04. The van der Waals surface area contributed by atoms with Gasteiger partial charge in [-0.05, 0) is 13.0 Å². The second kappa shape index (κ2) is 2.73. The number of hydrogen-bond acceptors (Lipinski definition) is 2. The summed E-state index contributed by atoms with van der Waals surface area (Å²) in [6.07, 6.45) is 1.26. The Morgan fingerprint density at radius 1 is 1.15 bits per heavy atom. The van der Waals surface area contributed by atoms with E-state index in [9.17, 15) is 8.78 Å². The SMILES string of the molecule is Cc1ncnc2c(F)cc(F)cc12. The maximum absolute atomic E-state index is 13.1. The van der Waals surface area contributed by atoms with Gasteiger partial charge in [0.1, 0.15) is 17.7 Å². The third-order valence-electron chi connectivity index (χ3n) is 1.86. The highest BCUT2D eigenvalue weighted by Gasteiger charge is 2.06. The molecular weight excluding hydrogens is 174 g/mol. The highest BCUT2D eigenvalue weighted by molar-refractivity contribution is 5.80. The van der Waals surface area contributed by atoms with E-state index < -0.39 is 11.6 Å².